The van der Waals surface area contributed by atoms with E-state index in [2.05, 4.69) is 5.32 Å². The molecule has 2 amide bonds. The first kappa shape index (κ1) is 17.8. The summed E-state index contributed by atoms with van der Waals surface area (Å²) in [6.07, 6.45) is 8.93. The van der Waals surface area contributed by atoms with Crippen LogP contribution in [0, 0.1) is 5.92 Å². The molecular weight excluding hydrogens is 316 g/mol. The lowest BCUT2D eigenvalue weighted by molar-refractivity contribution is -0.121. The summed E-state index contributed by atoms with van der Waals surface area (Å²) in [5.41, 5.74) is 1.52. The maximum absolute atomic E-state index is 12.2. The van der Waals surface area contributed by atoms with Crippen molar-refractivity contribution < 1.29 is 14.3 Å². The molecule has 0 unspecified atom stereocenters. The van der Waals surface area contributed by atoms with Crippen LogP contribution in [0.4, 0.5) is 11.4 Å². The first-order valence-electron chi connectivity index (χ1n) is 9.54. The van der Waals surface area contributed by atoms with Crippen molar-refractivity contribution >= 4 is 23.2 Å². The molecule has 5 nitrogen and oxygen atoms in total. The Morgan fingerprint density at radius 3 is 2.84 bits per heavy atom. The Bertz CT molecular complexity index is 623. The zero-order chi connectivity index (χ0) is 17.6. The topological polar surface area (TPSA) is 58.6 Å². The smallest absolute Gasteiger partial charge is 0.265 e. The maximum Gasteiger partial charge on any atom is 0.265 e. The number of nitrogens with zero attached hydrogens (tertiary/aromatic N) is 1. The summed E-state index contributed by atoms with van der Waals surface area (Å²) in [7, 11) is 0. The molecule has 1 aliphatic heterocycles. The van der Waals surface area contributed by atoms with Crippen molar-refractivity contribution in [1.82, 2.24) is 0 Å². The van der Waals surface area contributed by atoms with Crippen molar-refractivity contribution in [2.45, 2.75) is 58.3 Å². The highest BCUT2D eigenvalue weighted by Crippen LogP contribution is 2.35. The first-order valence-corrected chi connectivity index (χ1v) is 9.54. The van der Waals surface area contributed by atoms with E-state index >= 15 is 0 Å². The van der Waals surface area contributed by atoms with Crippen LogP contribution in [-0.4, -0.2) is 25.0 Å². The highest BCUT2D eigenvalue weighted by atomic mass is 16.5. The molecule has 1 fully saturated rings. The Balaban J connectivity index is 1.58. The third-order valence-electron chi connectivity index (χ3n) is 5.14. The number of amides is 2. The lowest BCUT2D eigenvalue weighted by atomic mass is 9.86. The Hall–Kier alpha value is -2.04. The lowest BCUT2D eigenvalue weighted by Crippen LogP contribution is -2.39. The average molecular weight is 344 g/mol. The van der Waals surface area contributed by atoms with Gasteiger partial charge in [-0.1, -0.05) is 39.0 Å². The fourth-order valence-electron chi connectivity index (χ4n) is 3.79. The van der Waals surface area contributed by atoms with Gasteiger partial charge in [0.25, 0.3) is 5.91 Å². The van der Waals surface area contributed by atoms with Crippen LogP contribution in [0.3, 0.4) is 0 Å². The van der Waals surface area contributed by atoms with Crippen LogP contribution in [0.5, 0.6) is 5.75 Å². The van der Waals surface area contributed by atoms with Gasteiger partial charge in [0.15, 0.2) is 6.61 Å². The zero-order valence-electron chi connectivity index (χ0n) is 15.1. The van der Waals surface area contributed by atoms with Gasteiger partial charge < -0.3 is 15.0 Å². The molecule has 0 bridgehead atoms. The summed E-state index contributed by atoms with van der Waals surface area (Å²) >= 11 is 0. The van der Waals surface area contributed by atoms with E-state index in [-0.39, 0.29) is 18.4 Å². The van der Waals surface area contributed by atoms with Crippen molar-refractivity contribution in [3.8, 4) is 5.75 Å². The molecule has 0 atom stereocenters. The number of anilines is 2. The predicted molar refractivity (Wildman–Crippen MR) is 99.0 cm³/mol. The quantitative estimate of drug-likeness (QED) is 0.844. The van der Waals surface area contributed by atoms with Crippen LogP contribution in [0.1, 0.15) is 58.3 Å². The molecular formula is C20H28N2O3. The first-order chi connectivity index (χ1) is 12.2. The summed E-state index contributed by atoms with van der Waals surface area (Å²) in [5, 5.41) is 2.97. The molecule has 0 radical (unpaired) electrons. The number of hydrogen-bond acceptors (Lipinski definition) is 3. The van der Waals surface area contributed by atoms with E-state index in [1.54, 1.807) is 4.90 Å². The van der Waals surface area contributed by atoms with Gasteiger partial charge in [-0.15, -0.1) is 0 Å². The second-order valence-electron chi connectivity index (χ2n) is 7.11. The highest BCUT2D eigenvalue weighted by Gasteiger charge is 2.25. The Morgan fingerprint density at radius 2 is 2.08 bits per heavy atom. The van der Waals surface area contributed by atoms with E-state index in [0.29, 0.717) is 24.6 Å². The van der Waals surface area contributed by atoms with E-state index < -0.39 is 0 Å². The summed E-state index contributed by atoms with van der Waals surface area (Å²) in [5.74, 6) is 1.42. The van der Waals surface area contributed by atoms with Crippen molar-refractivity contribution in [2.75, 3.05) is 23.4 Å². The minimum absolute atomic E-state index is 0.0152. The SMILES string of the molecule is CCCN1C(=O)COc2cc(NC(=O)CCC3CCCCC3)ccc21. The van der Waals surface area contributed by atoms with E-state index in [9.17, 15) is 9.59 Å². The van der Waals surface area contributed by atoms with Gasteiger partial charge >= 0.3 is 0 Å². The molecule has 0 saturated heterocycles. The highest BCUT2D eigenvalue weighted by molar-refractivity contribution is 5.99. The molecule has 1 N–H and O–H groups in total. The number of nitrogens with one attached hydrogen (secondary N) is 1. The summed E-state index contributed by atoms with van der Waals surface area (Å²) in [6, 6.07) is 5.53. The average Bonchev–Trinajstić information content (AvgIpc) is 2.63. The van der Waals surface area contributed by atoms with Crippen LogP contribution < -0.4 is 15.0 Å². The minimum atomic E-state index is -0.0152. The third-order valence-corrected chi connectivity index (χ3v) is 5.14. The minimum Gasteiger partial charge on any atom is -0.481 e. The van der Waals surface area contributed by atoms with Gasteiger partial charge in [0, 0.05) is 24.7 Å². The number of hydrogen-bond donors (Lipinski definition) is 1. The largest absolute Gasteiger partial charge is 0.481 e. The van der Waals surface area contributed by atoms with E-state index in [0.717, 1.165) is 24.2 Å². The number of carbonyl (C=O) groups is 2. The number of fused-ring (bicyclic) bond motifs is 1. The second-order valence-corrected chi connectivity index (χ2v) is 7.11. The van der Waals surface area contributed by atoms with Crippen molar-refractivity contribution in [1.29, 1.82) is 0 Å². The lowest BCUT2D eigenvalue weighted by Gasteiger charge is -2.29. The monoisotopic (exact) mass is 344 g/mol. The van der Waals surface area contributed by atoms with Crippen LogP contribution >= 0.6 is 0 Å². The molecule has 0 spiro atoms. The van der Waals surface area contributed by atoms with Crippen LogP contribution in [0.15, 0.2) is 18.2 Å². The third kappa shape index (κ3) is 4.53. The normalized spacial score (nSPS) is 17.8. The molecule has 1 aromatic rings. The predicted octanol–water partition coefficient (Wildman–Crippen LogP) is 4.12. The van der Waals surface area contributed by atoms with E-state index in [4.69, 9.17) is 4.74 Å². The number of ether oxygens (including phenoxy) is 1. The Labute approximate surface area is 149 Å². The molecule has 0 aromatic heterocycles. The van der Waals surface area contributed by atoms with Crippen LogP contribution in [0.25, 0.3) is 0 Å². The number of carbonyl (C=O) groups excluding carboxylic acids is 2. The molecule has 25 heavy (non-hydrogen) atoms. The molecule has 3 rings (SSSR count). The Kier molecular flexibility index (Phi) is 5.95. The van der Waals surface area contributed by atoms with Crippen LogP contribution in [0.2, 0.25) is 0 Å². The van der Waals surface area contributed by atoms with Crippen molar-refractivity contribution in [2.24, 2.45) is 5.92 Å². The van der Waals surface area contributed by atoms with Crippen molar-refractivity contribution in [3.05, 3.63) is 18.2 Å². The molecule has 1 saturated carbocycles. The molecule has 136 valence electrons. The fourth-order valence-corrected chi connectivity index (χ4v) is 3.79. The Morgan fingerprint density at radius 1 is 1.28 bits per heavy atom. The van der Waals surface area contributed by atoms with Gasteiger partial charge in [-0.05, 0) is 30.9 Å². The second kappa shape index (κ2) is 8.37. The number of rotatable bonds is 6. The number of benzene rings is 1. The molecule has 1 aliphatic carbocycles. The molecule has 1 aromatic carbocycles. The van der Waals surface area contributed by atoms with E-state index in [1.807, 2.05) is 25.1 Å². The van der Waals surface area contributed by atoms with Crippen LogP contribution in [-0.2, 0) is 9.59 Å². The van der Waals surface area contributed by atoms with Gasteiger partial charge in [0.05, 0.1) is 5.69 Å². The van der Waals surface area contributed by atoms with Gasteiger partial charge in [0.2, 0.25) is 5.91 Å². The van der Waals surface area contributed by atoms with E-state index in [1.165, 1.54) is 32.1 Å². The fraction of sp³-hybridized carbons (Fsp3) is 0.600. The van der Waals surface area contributed by atoms with Gasteiger partial charge in [-0.3, -0.25) is 9.59 Å². The standard InChI is InChI=1S/C20H28N2O3/c1-2-12-22-17-10-9-16(13-18(17)25-14-20(22)24)21-19(23)11-8-15-6-4-3-5-7-15/h9-10,13,15H,2-8,11-12,14H2,1H3,(H,21,23). The molecule has 2 aliphatic rings. The molecule has 1 heterocycles. The van der Waals surface area contributed by atoms with Gasteiger partial charge in [0.1, 0.15) is 5.75 Å². The summed E-state index contributed by atoms with van der Waals surface area (Å²) < 4.78 is 5.55. The summed E-state index contributed by atoms with van der Waals surface area (Å²) in [6.45, 7) is 2.79. The maximum atomic E-state index is 12.2. The van der Waals surface area contributed by atoms with Gasteiger partial charge in [-0.25, -0.2) is 0 Å². The summed E-state index contributed by atoms with van der Waals surface area (Å²) in [4.78, 5) is 26.0. The zero-order valence-corrected chi connectivity index (χ0v) is 15.1. The van der Waals surface area contributed by atoms with Gasteiger partial charge in [-0.2, -0.15) is 0 Å². The molecule has 5 heteroatoms. The van der Waals surface area contributed by atoms with Crippen molar-refractivity contribution in [3.63, 3.8) is 0 Å².